The molecule has 0 saturated carbocycles. The minimum Gasteiger partial charge on any atom is -0.459 e. The highest BCUT2D eigenvalue weighted by atomic mass is 32.1. The van der Waals surface area contributed by atoms with E-state index in [-0.39, 0.29) is 12.1 Å². The summed E-state index contributed by atoms with van der Waals surface area (Å²) in [5.41, 5.74) is 1.02. The number of nitrogens with zero attached hydrogens (tertiary/aromatic N) is 1. The van der Waals surface area contributed by atoms with E-state index in [9.17, 15) is 0 Å². The Labute approximate surface area is 128 Å². The predicted molar refractivity (Wildman–Crippen MR) is 81.4 cm³/mol. The van der Waals surface area contributed by atoms with Gasteiger partial charge in [0.15, 0.2) is 10.8 Å². The lowest BCUT2D eigenvalue weighted by atomic mass is 10.1. The van der Waals surface area contributed by atoms with Crippen molar-refractivity contribution in [3.05, 3.63) is 29.0 Å². The molecule has 1 saturated heterocycles. The van der Waals surface area contributed by atoms with Gasteiger partial charge in [0.25, 0.3) is 0 Å². The molecule has 5 nitrogen and oxygen atoms in total. The molecule has 1 aliphatic rings. The monoisotopic (exact) mass is 308 g/mol. The first-order valence-corrected chi connectivity index (χ1v) is 7.99. The van der Waals surface area contributed by atoms with E-state index in [1.54, 1.807) is 18.4 Å². The maximum absolute atomic E-state index is 5.60. The van der Waals surface area contributed by atoms with E-state index in [1.165, 1.54) is 0 Å². The standard InChI is InChI=1S/C15H20N2O3S/c1-10-3-4-14(20-10)15-17-11(9-21-15)7-16-12-8-19-6-5-13(12)18-2/h3-4,9,12-13,16H,5-8H2,1-2H3/t12-,13-/m1/s1. The van der Waals surface area contributed by atoms with Crippen LogP contribution in [0.1, 0.15) is 17.9 Å². The van der Waals surface area contributed by atoms with Crippen molar-refractivity contribution in [3.8, 4) is 10.8 Å². The minimum atomic E-state index is 0.213. The molecule has 1 N–H and O–H groups in total. The molecular formula is C15H20N2O3S. The van der Waals surface area contributed by atoms with E-state index in [2.05, 4.69) is 15.7 Å². The molecule has 21 heavy (non-hydrogen) atoms. The van der Waals surface area contributed by atoms with Gasteiger partial charge in [-0.3, -0.25) is 0 Å². The van der Waals surface area contributed by atoms with Gasteiger partial charge in [-0.2, -0.15) is 0 Å². The summed E-state index contributed by atoms with van der Waals surface area (Å²) in [7, 11) is 1.75. The van der Waals surface area contributed by atoms with Crippen molar-refractivity contribution in [1.82, 2.24) is 10.3 Å². The first-order valence-electron chi connectivity index (χ1n) is 7.11. The molecule has 2 aromatic heterocycles. The van der Waals surface area contributed by atoms with Crippen LogP contribution in [0.5, 0.6) is 0 Å². The molecule has 0 bridgehead atoms. The molecule has 1 aliphatic heterocycles. The number of hydrogen-bond donors (Lipinski definition) is 1. The summed E-state index contributed by atoms with van der Waals surface area (Å²) < 4.78 is 16.6. The normalized spacial score (nSPS) is 22.6. The second-order valence-corrected chi connectivity index (χ2v) is 6.04. The summed E-state index contributed by atoms with van der Waals surface area (Å²) in [6.07, 6.45) is 1.15. The Bertz CT molecular complexity index is 581. The molecule has 3 heterocycles. The van der Waals surface area contributed by atoms with Crippen molar-refractivity contribution in [2.45, 2.75) is 32.0 Å². The summed E-state index contributed by atoms with van der Waals surface area (Å²) in [5.74, 6) is 1.74. The number of aromatic nitrogens is 1. The predicted octanol–water partition coefficient (Wildman–Crippen LogP) is 2.61. The largest absolute Gasteiger partial charge is 0.459 e. The number of rotatable bonds is 5. The lowest BCUT2D eigenvalue weighted by molar-refractivity contribution is -0.0374. The zero-order valence-electron chi connectivity index (χ0n) is 12.3. The third-order valence-electron chi connectivity index (χ3n) is 3.64. The van der Waals surface area contributed by atoms with Crippen LogP contribution < -0.4 is 5.32 Å². The fourth-order valence-corrected chi connectivity index (χ4v) is 3.26. The van der Waals surface area contributed by atoms with Gasteiger partial charge < -0.3 is 19.2 Å². The van der Waals surface area contributed by atoms with Crippen LogP contribution in [0.25, 0.3) is 10.8 Å². The number of ether oxygens (including phenoxy) is 2. The van der Waals surface area contributed by atoms with Crippen molar-refractivity contribution in [2.24, 2.45) is 0 Å². The van der Waals surface area contributed by atoms with E-state index < -0.39 is 0 Å². The molecule has 1 fully saturated rings. The average molecular weight is 308 g/mol. The van der Waals surface area contributed by atoms with Gasteiger partial charge in [-0.05, 0) is 25.5 Å². The molecule has 3 rings (SSSR count). The Balaban J connectivity index is 1.59. The van der Waals surface area contributed by atoms with Crippen molar-refractivity contribution < 1.29 is 13.9 Å². The van der Waals surface area contributed by atoms with Crippen LogP contribution in [0.4, 0.5) is 0 Å². The molecular weight excluding hydrogens is 288 g/mol. The number of nitrogens with one attached hydrogen (secondary N) is 1. The highest BCUT2D eigenvalue weighted by Gasteiger charge is 2.25. The summed E-state index contributed by atoms with van der Waals surface area (Å²) >= 11 is 1.60. The smallest absolute Gasteiger partial charge is 0.162 e. The van der Waals surface area contributed by atoms with Crippen molar-refractivity contribution >= 4 is 11.3 Å². The van der Waals surface area contributed by atoms with Gasteiger partial charge in [-0.1, -0.05) is 0 Å². The Kier molecular flexibility index (Phi) is 4.70. The SMILES string of the molecule is CO[C@@H]1CCOC[C@H]1NCc1csc(-c2ccc(C)o2)n1. The molecule has 114 valence electrons. The molecule has 0 amide bonds. The second-order valence-electron chi connectivity index (χ2n) is 5.18. The van der Waals surface area contributed by atoms with Crippen LogP contribution >= 0.6 is 11.3 Å². The van der Waals surface area contributed by atoms with Gasteiger partial charge >= 0.3 is 0 Å². The van der Waals surface area contributed by atoms with Crippen LogP contribution in [-0.4, -0.2) is 37.5 Å². The van der Waals surface area contributed by atoms with Gasteiger partial charge in [0.05, 0.1) is 24.4 Å². The van der Waals surface area contributed by atoms with E-state index in [0.29, 0.717) is 13.2 Å². The number of thiazole rings is 1. The summed E-state index contributed by atoms with van der Waals surface area (Å²) in [5, 5.41) is 6.45. The maximum Gasteiger partial charge on any atom is 0.162 e. The van der Waals surface area contributed by atoms with Crippen LogP contribution in [-0.2, 0) is 16.0 Å². The Hall–Kier alpha value is -1.21. The van der Waals surface area contributed by atoms with Gasteiger partial charge in [-0.25, -0.2) is 4.98 Å². The topological polar surface area (TPSA) is 56.5 Å². The molecule has 6 heteroatoms. The van der Waals surface area contributed by atoms with E-state index in [1.807, 2.05) is 19.1 Å². The maximum atomic E-state index is 5.60. The van der Waals surface area contributed by atoms with Crippen LogP contribution in [0.15, 0.2) is 21.9 Å². The summed E-state index contributed by atoms with van der Waals surface area (Å²) in [6.45, 7) is 4.11. The van der Waals surface area contributed by atoms with E-state index >= 15 is 0 Å². The van der Waals surface area contributed by atoms with Gasteiger partial charge in [-0.15, -0.1) is 11.3 Å². The zero-order chi connectivity index (χ0) is 14.7. The lowest BCUT2D eigenvalue weighted by Crippen LogP contribution is -2.47. The van der Waals surface area contributed by atoms with Gasteiger partial charge in [0, 0.05) is 25.6 Å². The first kappa shape index (κ1) is 14.7. The van der Waals surface area contributed by atoms with E-state index in [0.717, 1.165) is 35.2 Å². The fraction of sp³-hybridized carbons (Fsp3) is 0.533. The zero-order valence-corrected chi connectivity index (χ0v) is 13.1. The second kappa shape index (κ2) is 6.70. The third-order valence-corrected chi connectivity index (χ3v) is 4.55. The van der Waals surface area contributed by atoms with Crippen molar-refractivity contribution in [2.75, 3.05) is 20.3 Å². The number of aryl methyl sites for hydroxylation is 1. The molecule has 0 spiro atoms. The highest BCUT2D eigenvalue weighted by Crippen LogP contribution is 2.25. The average Bonchev–Trinajstić information content (AvgIpc) is 3.14. The van der Waals surface area contributed by atoms with Crippen molar-refractivity contribution in [1.29, 1.82) is 0 Å². The summed E-state index contributed by atoms with van der Waals surface area (Å²) in [4.78, 5) is 4.61. The first-order chi connectivity index (χ1) is 10.3. The Morgan fingerprint density at radius 3 is 3.14 bits per heavy atom. The highest BCUT2D eigenvalue weighted by molar-refractivity contribution is 7.13. The molecule has 2 aromatic rings. The van der Waals surface area contributed by atoms with E-state index in [4.69, 9.17) is 13.9 Å². The van der Waals surface area contributed by atoms with Gasteiger partial charge in [0.1, 0.15) is 5.76 Å². The number of furan rings is 1. The molecule has 2 atom stereocenters. The quantitative estimate of drug-likeness (QED) is 0.920. The van der Waals surface area contributed by atoms with Crippen molar-refractivity contribution in [3.63, 3.8) is 0 Å². The van der Waals surface area contributed by atoms with Crippen LogP contribution in [0, 0.1) is 6.92 Å². The minimum absolute atomic E-state index is 0.213. The number of hydrogen-bond acceptors (Lipinski definition) is 6. The lowest BCUT2D eigenvalue weighted by Gasteiger charge is -2.30. The summed E-state index contributed by atoms with van der Waals surface area (Å²) in [6, 6.07) is 4.14. The fourth-order valence-electron chi connectivity index (χ4n) is 2.48. The third kappa shape index (κ3) is 3.52. The number of methoxy groups -OCH3 is 1. The Morgan fingerprint density at radius 1 is 1.48 bits per heavy atom. The van der Waals surface area contributed by atoms with Crippen LogP contribution in [0.2, 0.25) is 0 Å². The Morgan fingerprint density at radius 2 is 2.38 bits per heavy atom. The van der Waals surface area contributed by atoms with Gasteiger partial charge in [0.2, 0.25) is 0 Å². The molecule has 0 unspecified atom stereocenters. The van der Waals surface area contributed by atoms with Crippen LogP contribution in [0.3, 0.4) is 0 Å². The molecule has 0 radical (unpaired) electrons. The molecule has 0 aromatic carbocycles. The molecule has 0 aliphatic carbocycles.